The first kappa shape index (κ1) is 16.5. The van der Waals surface area contributed by atoms with Gasteiger partial charge in [-0.15, -0.1) is 0 Å². The van der Waals surface area contributed by atoms with Crippen molar-refractivity contribution < 1.29 is 14.5 Å². The summed E-state index contributed by atoms with van der Waals surface area (Å²) in [6.45, 7) is 1.96. The minimum atomic E-state index is -0.512. The molecule has 0 aliphatic carbocycles. The molecule has 6 heteroatoms. The molecule has 1 N–H and O–H groups in total. The van der Waals surface area contributed by atoms with Crippen LogP contribution in [0.4, 0.5) is 11.4 Å². The summed E-state index contributed by atoms with van der Waals surface area (Å²) in [5, 5.41) is 13.5. The lowest BCUT2D eigenvalue weighted by Gasteiger charge is -2.13. The molecular formula is C17H18N2O4. The molecule has 2 aromatic carbocycles. The van der Waals surface area contributed by atoms with Crippen molar-refractivity contribution in [3.05, 3.63) is 64.2 Å². The van der Waals surface area contributed by atoms with E-state index >= 15 is 0 Å². The van der Waals surface area contributed by atoms with Crippen molar-refractivity contribution in [2.75, 3.05) is 12.4 Å². The van der Waals surface area contributed by atoms with Gasteiger partial charge in [0.05, 0.1) is 17.7 Å². The van der Waals surface area contributed by atoms with Crippen LogP contribution in [0.2, 0.25) is 0 Å². The Morgan fingerprint density at radius 2 is 1.96 bits per heavy atom. The maximum Gasteiger partial charge on any atom is 0.271 e. The summed E-state index contributed by atoms with van der Waals surface area (Å²) in [5.41, 5.74) is 1.26. The van der Waals surface area contributed by atoms with Crippen LogP contribution in [0.5, 0.6) is 5.75 Å². The van der Waals surface area contributed by atoms with E-state index in [9.17, 15) is 14.9 Å². The van der Waals surface area contributed by atoms with Crippen LogP contribution < -0.4 is 10.1 Å². The van der Waals surface area contributed by atoms with Crippen molar-refractivity contribution >= 4 is 17.3 Å². The van der Waals surface area contributed by atoms with Crippen LogP contribution in [0, 0.1) is 10.1 Å². The van der Waals surface area contributed by atoms with Crippen molar-refractivity contribution in [2.24, 2.45) is 0 Å². The molecule has 0 aromatic heterocycles. The number of ether oxygens (including phenoxy) is 1. The van der Waals surface area contributed by atoms with Crippen LogP contribution in [-0.4, -0.2) is 17.9 Å². The van der Waals surface area contributed by atoms with Crippen molar-refractivity contribution in [1.82, 2.24) is 0 Å². The average molecular weight is 314 g/mol. The van der Waals surface area contributed by atoms with Crippen LogP contribution in [-0.2, 0) is 4.79 Å². The fourth-order valence-electron chi connectivity index (χ4n) is 2.29. The normalized spacial score (nSPS) is 11.6. The van der Waals surface area contributed by atoms with Crippen LogP contribution in [0.3, 0.4) is 0 Å². The van der Waals surface area contributed by atoms with Gasteiger partial charge in [0.25, 0.3) is 5.69 Å². The first-order valence-electron chi connectivity index (χ1n) is 7.18. The Labute approximate surface area is 134 Å². The van der Waals surface area contributed by atoms with Crippen molar-refractivity contribution in [1.29, 1.82) is 0 Å². The largest absolute Gasteiger partial charge is 0.495 e. The van der Waals surface area contributed by atoms with E-state index in [1.165, 1.54) is 25.3 Å². The van der Waals surface area contributed by atoms with E-state index in [0.717, 1.165) is 5.56 Å². The highest BCUT2D eigenvalue weighted by Gasteiger charge is 2.16. The van der Waals surface area contributed by atoms with Crippen LogP contribution in [0.15, 0.2) is 48.5 Å². The summed E-state index contributed by atoms with van der Waals surface area (Å²) in [7, 11) is 1.45. The number of nitrogens with zero attached hydrogens (tertiary/aromatic N) is 1. The SMILES string of the molecule is COc1ccc([N+](=O)[O-])cc1NC(=O)C[C@@H](C)c1ccccc1. The molecule has 0 saturated carbocycles. The lowest BCUT2D eigenvalue weighted by atomic mass is 9.97. The summed E-state index contributed by atoms with van der Waals surface area (Å²) < 4.78 is 5.13. The quantitative estimate of drug-likeness (QED) is 0.650. The number of nitro groups is 1. The highest BCUT2D eigenvalue weighted by atomic mass is 16.6. The Kier molecular flexibility index (Phi) is 5.30. The standard InChI is InChI=1S/C17H18N2O4/c1-12(13-6-4-3-5-7-13)10-17(20)18-15-11-14(19(21)22)8-9-16(15)23-2/h3-9,11-12H,10H2,1-2H3,(H,18,20)/t12-/m1/s1. The summed E-state index contributed by atoms with van der Waals surface area (Å²) in [6.07, 6.45) is 0.274. The molecule has 0 saturated heterocycles. The Balaban J connectivity index is 2.10. The Morgan fingerprint density at radius 1 is 1.26 bits per heavy atom. The predicted molar refractivity (Wildman–Crippen MR) is 87.8 cm³/mol. The summed E-state index contributed by atoms with van der Waals surface area (Å²) in [4.78, 5) is 22.6. The molecule has 0 aliphatic heterocycles. The molecule has 0 radical (unpaired) electrons. The van der Waals surface area contributed by atoms with Gasteiger partial charge >= 0.3 is 0 Å². The highest BCUT2D eigenvalue weighted by Crippen LogP contribution is 2.29. The van der Waals surface area contributed by atoms with Gasteiger partial charge in [-0.05, 0) is 17.5 Å². The Bertz CT molecular complexity index is 701. The molecule has 120 valence electrons. The molecule has 0 bridgehead atoms. The third kappa shape index (κ3) is 4.29. The molecule has 6 nitrogen and oxygen atoms in total. The van der Waals surface area contributed by atoms with Gasteiger partial charge in [0, 0.05) is 18.6 Å². The summed E-state index contributed by atoms with van der Waals surface area (Å²) in [6, 6.07) is 13.8. The topological polar surface area (TPSA) is 81.5 Å². The number of benzene rings is 2. The van der Waals surface area contributed by atoms with E-state index in [4.69, 9.17) is 4.74 Å². The van der Waals surface area contributed by atoms with Gasteiger partial charge < -0.3 is 10.1 Å². The second-order valence-corrected chi connectivity index (χ2v) is 5.21. The highest BCUT2D eigenvalue weighted by molar-refractivity contribution is 5.93. The van der Waals surface area contributed by atoms with Gasteiger partial charge in [-0.25, -0.2) is 0 Å². The van der Waals surface area contributed by atoms with Crippen LogP contribution in [0.1, 0.15) is 24.8 Å². The second kappa shape index (κ2) is 7.40. The molecule has 2 rings (SSSR count). The average Bonchev–Trinajstić information content (AvgIpc) is 2.55. The lowest BCUT2D eigenvalue weighted by molar-refractivity contribution is -0.384. The Morgan fingerprint density at radius 3 is 2.57 bits per heavy atom. The summed E-state index contributed by atoms with van der Waals surface area (Å²) in [5.74, 6) is 0.206. The van der Waals surface area contributed by atoms with Crippen LogP contribution >= 0.6 is 0 Å². The van der Waals surface area contributed by atoms with Gasteiger partial charge in [0.15, 0.2) is 0 Å². The van der Waals surface area contributed by atoms with Gasteiger partial charge in [-0.2, -0.15) is 0 Å². The third-order valence-electron chi connectivity index (χ3n) is 3.53. The molecule has 23 heavy (non-hydrogen) atoms. The minimum Gasteiger partial charge on any atom is -0.495 e. The lowest BCUT2D eigenvalue weighted by Crippen LogP contribution is -2.15. The van der Waals surface area contributed by atoms with Gasteiger partial charge in [-0.3, -0.25) is 14.9 Å². The number of nitro benzene ring substituents is 1. The number of amides is 1. The predicted octanol–water partition coefficient (Wildman–Crippen LogP) is 3.74. The fourth-order valence-corrected chi connectivity index (χ4v) is 2.29. The number of nitrogens with one attached hydrogen (secondary N) is 1. The number of anilines is 1. The zero-order valence-electron chi connectivity index (χ0n) is 13.0. The number of hydrogen-bond donors (Lipinski definition) is 1. The molecule has 0 aliphatic rings. The third-order valence-corrected chi connectivity index (χ3v) is 3.53. The van der Waals surface area contributed by atoms with E-state index < -0.39 is 4.92 Å². The molecular weight excluding hydrogens is 296 g/mol. The van der Waals surface area contributed by atoms with E-state index in [1.54, 1.807) is 0 Å². The zero-order chi connectivity index (χ0) is 16.8. The van der Waals surface area contributed by atoms with E-state index in [0.29, 0.717) is 11.4 Å². The smallest absolute Gasteiger partial charge is 0.271 e. The maximum absolute atomic E-state index is 12.2. The number of rotatable bonds is 6. The Hall–Kier alpha value is -2.89. The number of carbonyl (C=O) groups is 1. The molecule has 0 heterocycles. The van der Waals surface area contributed by atoms with Crippen molar-refractivity contribution in [3.63, 3.8) is 0 Å². The molecule has 1 amide bonds. The number of hydrogen-bond acceptors (Lipinski definition) is 4. The zero-order valence-corrected chi connectivity index (χ0v) is 13.0. The molecule has 1 atom stereocenters. The van der Waals surface area contributed by atoms with Crippen molar-refractivity contribution in [2.45, 2.75) is 19.3 Å². The molecule has 0 fully saturated rings. The maximum atomic E-state index is 12.2. The van der Waals surface area contributed by atoms with E-state index in [2.05, 4.69) is 5.32 Å². The first-order valence-corrected chi connectivity index (χ1v) is 7.18. The number of carbonyl (C=O) groups excluding carboxylic acids is 1. The fraction of sp³-hybridized carbons (Fsp3) is 0.235. The first-order chi connectivity index (χ1) is 11.0. The molecule has 2 aromatic rings. The molecule has 0 unspecified atom stereocenters. The van der Waals surface area contributed by atoms with Gasteiger partial charge in [0.1, 0.15) is 5.75 Å². The molecule has 0 spiro atoms. The van der Waals surface area contributed by atoms with Gasteiger partial charge in [0.2, 0.25) is 5.91 Å². The monoisotopic (exact) mass is 314 g/mol. The second-order valence-electron chi connectivity index (χ2n) is 5.21. The van der Waals surface area contributed by atoms with Crippen molar-refractivity contribution in [3.8, 4) is 5.75 Å². The number of non-ortho nitro benzene ring substituents is 1. The van der Waals surface area contributed by atoms with Gasteiger partial charge in [-0.1, -0.05) is 37.3 Å². The minimum absolute atomic E-state index is 0.0425. The van der Waals surface area contributed by atoms with E-state index in [-0.39, 0.29) is 23.9 Å². The number of methoxy groups -OCH3 is 1. The van der Waals surface area contributed by atoms with E-state index in [1.807, 2.05) is 37.3 Å². The van der Waals surface area contributed by atoms with Crippen LogP contribution in [0.25, 0.3) is 0 Å². The summed E-state index contributed by atoms with van der Waals surface area (Å²) >= 11 is 0.